The van der Waals surface area contributed by atoms with Gasteiger partial charge in [-0.15, -0.1) is 0 Å². The van der Waals surface area contributed by atoms with Gasteiger partial charge in [0, 0.05) is 18.7 Å². The fourth-order valence-corrected chi connectivity index (χ4v) is 2.73. The Labute approximate surface area is 183 Å². The molecule has 0 bridgehead atoms. The van der Waals surface area contributed by atoms with E-state index in [1.54, 1.807) is 6.08 Å². The molecule has 0 N–H and O–H groups in total. The number of halogens is 5. The van der Waals surface area contributed by atoms with Crippen LogP contribution in [0.1, 0.15) is 30.0 Å². The van der Waals surface area contributed by atoms with Crippen LogP contribution in [0.2, 0.25) is 0 Å². The fraction of sp³-hybridized carbons (Fsp3) is 0.381. The molecule has 0 fully saturated rings. The van der Waals surface area contributed by atoms with Gasteiger partial charge in [-0.2, -0.15) is 13.2 Å². The summed E-state index contributed by atoms with van der Waals surface area (Å²) in [5, 5.41) is 0. The highest BCUT2D eigenvalue weighted by Crippen LogP contribution is 2.30. The lowest BCUT2D eigenvalue weighted by Gasteiger charge is -2.16. The summed E-state index contributed by atoms with van der Waals surface area (Å²) in [4.78, 5) is 3.67. The van der Waals surface area contributed by atoms with Crippen molar-refractivity contribution in [1.29, 1.82) is 0 Å². The number of ether oxygens (including phenoxy) is 3. The van der Waals surface area contributed by atoms with E-state index >= 15 is 0 Å². The average Bonchev–Trinajstić information content (AvgIpc) is 2.68. The molecule has 2 rings (SSSR count). The van der Waals surface area contributed by atoms with Gasteiger partial charge in [0.1, 0.15) is 22.6 Å². The zero-order chi connectivity index (χ0) is 22.1. The van der Waals surface area contributed by atoms with Crippen molar-refractivity contribution in [2.75, 3.05) is 19.8 Å². The van der Waals surface area contributed by atoms with Crippen LogP contribution >= 0.6 is 23.2 Å². The molecule has 164 valence electrons. The molecule has 0 saturated carbocycles. The van der Waals surface area contributed by atoms with Crippen molar-refractivity contribution in [2.24, 2.45) is 0 Å². The molecule has 1 heterocycles. The molecular weight excluding hydrogens is 442 g/mol. The molecule has 9 heteroatoms. The van der Waals surface area contributed by atoms with E-state index in [1.165, 1.54) is 6.07 Å². The van der Waals surface area contributed by atoms with E-state index in [-0.39, 0.29) is 23.6 Å². The van der Waals surface area contributed by atoms with Gasteiger partial charge in [0.05, 0.1) is 18.8 Å². The smallest absolute Gasteiger partial charge is 0.417 e. The first-order valence-electron chi connectivity index (χ1n) is 9.27. The Balaban J connectivity index is 1.84. The molecule has 1 aromatic carbocycles. The summed E-state index contributed by atoms with van der Waals surface area (Å²) in [5.74, 6) is 1.61. The molecule has 1 aromatic heterocycles. The number of hydrogen-bond acceptors (Lipinski definition) is 4. The summed E-state index contributed by atoms with van der Waals surface area (Å²) in [7, 11) is 0. The number of rotatable bonds is 10. The van der Waals surface area contributed by atoms with Gasteiger partial charge in [0.25, 0.3) is 0 Å². The van der Waals surface area contributed by atoms with Crippen LogP contribution in [0, 0.1) is 6.92 Å². The lowest BCUT2D eigenvalue weighted by atomic mass is 10.1. The monoisotopic (exact) mass is 463 g/mol. The number of nitrogens with zero attached hydrogens (tertiary/aromatic N) is 1. The fourth-order valence-electron chi connectivity index (χ4n) is 2.61. The lowest BCUT2D eigenvalue weighted by Crippen LogP contribution is -2.09. The zero-order valence-electron chi connectivity index (χ0n) is 16.6. The van der Waals surface area contributed by atoms with Crippen molar-refractivity contribution in [2.45, 2.75) is 32.9 Å². The average molecular weight is 464 g/mol. The molecule has 0 aliphatic carbocycles. The summed E-state index contributed by atoms with van der Waals surface area (Å²) < 4.78 is 54.6. The van der Waals surface area contributed by atoms with Crippen molar-refractivity contribution in [3.8, 4) is 17.4 Å². The second kappa shape index (κ2) is 11.3. The molecule has 0 spiro atoms. The predicted molar refractivity (Wildman–Crippen MR) is 111 cm³/mol. The SMILES string of the molecule is CCc1cc(OCC=C(Cl)Cl)cc(C)c1OCCCOc1ccc(C(F)(F)F)cn1. The second-order valence-corrected chi connectivity index (χ2v) is 7.33. The molecule has 0 aliphatic heterocycles. The molecule has 0 aliphatic rings. The largest absolute Gasteiger partial charge is 0.493 e. The standard InChI is InChI=1S/C21H22Cl2F3NO3/c1-3-15-12-17(28-10-7-18(22)23)11-14(2)20(15)30-9-4-8-29-19-6-5-16(13-27-19)21(24,25)26/h5-7,11-13H,3-4,8-10H2,1-2H3. The molecule has 0 atom stereocenters. The van der Waals surface area contributed by atoms with Crippen LogP contribution in [-0.4, -0.2) is 24.8 Å². The van der Waals surface area contributed by atoms with E-state index < -0.39 is 11.7 Å². The minimum Gasteiger partial charge on any atom is -0.493 e. The first kappa shape index (κ1) is 24.2. The molecular formula is C21H22Cl2F3NO3. The predicted octanol–water partition coefficient (Wildman–Crippen LogP) is 6.52. The number of alkyl halides is 3. The van der Waals surface area contributed by atoms with E-state index in [2.05, 4.69) is 4.98 Å². The molecule has 0 radical (unpaired) electrons. The van der Waals surface area contributed by atoms with Gasteiger partial charge in [0.2, 0.25) is 5.88 Å². The van der Waals surface area contributed by atoms with Crippen molar-refractivity contribution >= 4 is 23.2 Å². The van der Waals surface area contributed by atoms with E-state index in [1.807, 2.05) is 26.0 Å². The normalized spacial score (nSPS) is 11.2. The highest BCUT2D eigenvalue weighted by atomic mass is 35.5. The van der Waals surface area contributed by atoms with Crippen LogP contribution in [0.5, 0.6) is 17.4 Å². The summed E-state index contributed by atoms with van der Waals surface area (Å²) in [6.45, 7) is 4.86. The van der Waals surface area contributed by atoms with E-state index in [4.69, 9.17) is 37.4 Å². The van der Waals surface area contributed by atoms with Gasteiger partial charge in [-0.3, -0.25) is 0 Å². The minimum atomic E-state index is -4.41. The van der Waals surface area contributed by atoms with E-state index in [0.717, 1.165) is 35.6 Å². The van der Waals surface area contributed by atoms with Crippen LogP contribution in [0.15, 0.2) is 41.0 Å². The maximum absolute atomic E-state index is 12.5. The van der Waals surface area contributed by atoms with Gasteiger partial charge >= 0.3 is 6.18 Å². The van der Waals surface area contributed by atoms with Crippen molar-refractivity contribution in [3.63, 3.8) is 0 Å². The van der Waals surface area contributed by atoms with Gasteiger partial charge in [-0.1, -0.05) is 30.1 Å². The Bertz CT molecular complexity index is 852. The van der Waals surface area contributed by atoms with Crippen LogP contribution in [-0.2, 0) is 12.6 Å². The Hall–Kier alpha value is -2.12. The number of benzene rings is 1. The Morgan fingerprint density at radius 2 is 1.83 bits per heavy atom. The number of aryl methyl sites for hydroxylation is 2. The molecule has 30 heavy (non-hydrogen) atoms. The van der Waals surface area contributed by atoms with Crippen LogP contribution in [0.3, 0.4) is 0 Å². The third kappa shape index (κ3) is 7.61. The maximum atomic E-state index is 12.5. The van der Waals surface area contributed by atoms with Crippen LogP contribution < -0.4 is 14.2 Å². The molecule has 0 unspecified atom stereocenters. The third-order valence-corrected chi connectivity index (χ3v) is 4.35. The zero-order valence-corrected chi connectivity index (χ0v) is 18.1. The number of aromatic nitrogens is 1. The Morgan fingerprint density at radius 3 is 2.43 bits per heavy atom. The van der Waals surface area contributed by atoms with Gasteiger partial charge < -0.3 is 14.2 Å². The summed E-state index contributed by atoms with van der Waals surface area (Å²) in [5.41, 5.74) is 1.11. The Kier molecular flexibility index (Phi) is 9.11. The highest BCUT2D eigenvalue weighted by molar-refractivity contribution is 6.55. The summed E-state index contributed by atoms with van der Waals surface area (Å²) >= 11 is 11.1. The Morgan fingerprint density at radius 1 is 1.10 bits per heavy atom. The number of pyridine rings is 1. The summed E-state index contributed by atoms with van der Waals surface area (Å²) in [6, 6.07) is 5.92. The lowest BCUT2D eigenvalue weighted by molar-refractivity contribution is -0.137. The van der Waals surface area contributed by atoms with Crippen molar-refractivity contribution in [3.05, 3.63) is 57.7 Å². The van der Waals surface area contributed by atoms with Gasteiger partial charge in [0.15, 0.2) is 0 Å². The van der Waals surface area contributed by atoms with E-state index in [0.29, 0.717) is 18.8 Å². The first-order chi connectivity index (χ1) is 14.2. The molecule has 0 amide bonds. The topological polar surface area (TPSA) is 40.6 Å². The van der Waals surface area contributed by atoms with E-state index in [9.17, 15) is 13.2 Å². The van der Waals surface area contributed by atoms with Crippen LogP contribution in [0.25, 0.3) is 0 Å². The number of hydrogen-bond donors (Lipinski definition) is 0. The first-order valence-corrected chi connectivity index (χ1v) is 10.0. The highest BCUT2D eigenvalue weighted by Gasteiger charge is 2.30. The molecule has 2 aromatic rings. The summed E-state index contributed by atoms with van der Waals surface area (Å²) in [6.07, 6.45) is -0.806. The van der Waals surface area contributed by atoms with Gasteiger partial charge in [-0.05, 0) is 48.7 Å². The molecule has 4 nitrogen and oxygen atoms in total. The third-order valence-electron chi connectivity index (χ3n) is 4.04. The maximum Gasteiger partial charge on any atom is 0.417 e. The molecule has 0 saturated heterocycles. The van der Waals surface area contributed by atoms with Crippen molar-refractivity contribution in [1.82, 2.24) is 4.98 Å². The second-order valence-electron chi connectivity index (χ2n) is 6.32. The van der Waals surface area contributed by atoms with Crippen molar-refractivity contribution < 1.29 is 27.4 Å². The quantitative estimate of drug-likeness (QED) is 0.376. The van der Waals surface area contributed by atoms with Gasteiger partial charge in [-0.25, -0.2) is 4.98 Å². The van der Waals surface area contributed by atoms with Crippen LogP contribution in [0.4, 0.5) is 13.2 Å². The minimum absolute atomic E-state index is 0.140.